The van der Waals surface area contributed by atoms with E-state index in [9.17, 15) is 9.18 Å². The Labute approximate surface area is 165 Å². The van der Waals surface area contributed by atoms with Gasteiger partial charge in [0.2, 0.25) is 0 Å². The Morgan fingerprint density at radius 3 is 2.75 bits per heavy atom. The summed E-state index contributed by atoms with van der Waals surface area (Å²) in [6.45, 7) is 8.31. The Bertz CT molecular complexity index is 977. The summed E-state index contributed by atoms with van der Waals surface area (Å²) in [4.78, 5) is 18.3. The van der Waals surface area contributed by atoms with Gasteiger partial charge in [0.15, 0.2) is 0 Å². The fraction of sp³-hybridized carbons (Fsp3) is 0.304. The number of likely N-dealkylation sites (N-methyl/N-ethyl adjacent to an activating group) is 1. The Hall–Kier alpha value is -2.95. The van der Waals surface area contributed by atoms with Crippen LogP contribution in [0.15, 0.2) is 47.5 Å². The van der Waals surface area contributed by atoms with Gasteiger partial charge in [-0.2, -0.15) is 0 Å². The highest BCUT2D eigenvalue weighted by atomic mass is 19.1. The summed E-state index contributed by atoms with van der Waals surface area (Å²) in [6.07, 6.45) is 3.67. The van der Waals surface area contributed by atoms with Crippen LogP contribution in [0, 0.1) is 5.82 Å². The average Bonchev–Trinajstić information content (AvgIpc) is 2.65. The van der Waals surface area contributed by atoms with E-state index >= 15 is 0 Å². The SMILES string of the molecule is CCOC(=O)c1cccc(N=Cc2cc3c(cc2F)N(C)C(C)(C)C=C3C)c1. The first kappa shape index (κ1) is 19.8. The highest BCUT2D eigenvalue weighted by Gasteiger charge is 2.29. The van der Waals surface area contributed by atoms with Crippen LogP contribution in [0.3, 0.4) is 0 Å². The van der Waals surface area contributed by atoms with Crippen molar-refractivity contribution in [3.63, 3.8) is 0 Å². The van der Waals surface area contributed by atoms with E-state index < -0.39 is 5.97 Å². The molecule has 1 aliphatic heterocycles. The van der Waals surface area contributed by atoms with Gasteiger partial charge in [-0.15, -0.1) is 0 Å². The van der Waals surface area contributed by atoms with Gasteiger partial charge < -0.3 is 9.64 Å². The number of halogens is 1. The molecule has 0 radical (unpaired) electrons. The van der Waals surface area contributed by atoms with E-state index in [2.05, 4.69) is 29.8 Å². The van der Waals surface area contributed by atoms with Gasteiger partial charge in [-0.3, -0.25) is 4.99 Å². The zero-order chi connectivity index (χ0) is 20.5. The van der Waals surface area contributed by atoms with Gasteiger partial charge in [0.25, 0.3) is 0 Å². The van der Waals surface area contributed by atoms with Crippen LogP contribution in [0.5, 0.6) is 0 Å². The fourth-order valence-electron chi connectivity index (χ4n) is 3.36. The van der Waals surface area contributed by atoms with Crippen molar-refractivity contribution in [2.24, 2.45) is 4.99 Å². The molecule has 2 aromatic carbocycles. The van der Waals surface area contributed by atoms with Crippen LogP contribution in [0.1, 0.15) is 49.2 Å². The lowest BCUT2D eigenvalue weighted by atomic mass is 9.88. The first-order valence-electron chi connectivity index (χ1n) is 9.31. The molecular weight excluding hydrogens is 355 g/mol. The zero-order valence-corrected chi connectivity index (χ0v) is 16.9. The number of carbonyl (C=O) groups excluding carboxylic acids is 1. The predicted octanol–water partition coefficient (Wildman–Crippen LogP) is 5.38. The van der Waals surface area contributed by atoms with E-state index in [-0.39, 0.29) is 11.4 Å². The lowest BCUT2D eigenvalue weighted by Gasteiger charge is -2.40. The van der Waals surface area contributed by atoms with Gasteiger partial charge in [-0.1, -0.05) is 12.1 Å². The molecular formula is C23H25FN2O2. The van der Waals surface area contributed by atoms with Crippen molar-refractivity contribution in [3.8, 4) is 0 Å². The summed E-state index contributed by atoms with van der Waals surface area (Å²) in [6, 6.07) is 10.2. The maximum Gasteiger partial charge on any atom is 0.338 e. The molecule has 5 heteroatoms. The number of aliphatic imine (C=N–C) groups is 1. The van der Waals surface area contributed by atoms with Gasteiger partial charge in [-0.05, 0) is 63.6 Å². The maximum absolute atomic E-state index is 14.7. The predicted molar refractivity (Wildman–Crippen MR) is 112 cm³/mol. The van der Waals surface area contributed by atoms with Crippen LogP contribution in [-0.2, 0) is 4.74 Å². The van der Waals surface area contributed by atoms with Crippen molar-refractivity contribution in [3.05, 3.63) is 65.0 Å². The molecule has 0 amide bonds. The number of ether oxygens (including phenoxy) is 1. The van der Waals surface area contributed by atoms with Crippen molar-refractivity contribution in [2.45, 2.75) is 33.2 Å². The summed E-state index contributed by atoms with van der Waals surface area (Å²) in [5, 5.41) is 0. The van der Waals surface area contributed by atoms with Gasteiger partial charge in [0.1, 0.15) is 5.82 Å². The van der Waals surface area contributed by atoms with Crippen LogP contribution in [0.2, 0.25) is 0 Å². The van der Waals surface area contributed by atoms with Crippen molar-refractivity contribution in [2.75, 3.05) is 18.6 Å². The Morgan fingerprint density at radius 2 is 2.04 bits per heavy atom. The molecule has 3 rings (SSSR count). The minimum absolute atomic E-state index is 0.174. The molecule has 0 saturated heterocycles. The van der Waals surface area contributed by atoms with E-state index in [1.165, 1.54) is 6.21 Å². The molecule has 28 heavy (non-hydrogen) atoms. The van der Waals surface area contributed by atoms with E-state index in [4.69, 9.17) is 4.74 Å². The van der Waals surface area contributed by atoms with Crippen LogP contribution in [0.4, 0.5) is 15.8 Å². The van der Waals surface area contributed by atoms with E-state index in [0.29, 0.717) is 23.4 Å². The number of allylic oxidation sites excluding steroid dienone is 1. The van der Waals surface area contributed by atoms with E-state index in [1.54, 1.807) is 37.3 Å². The molecule has 0 saturated carbocycles. The summed E-state index contributed by atoms with van der Waals surface area (Å²) in [5.41, 5.74) is 4.18. The second kappa shape index (κ2) is 7.58. The number of fused-ring (bicyclic) bond motifs is 1. The summed E-state index contributed by atoms with van der Waals surface area (Å²) in [5.74, 6) is -0.729. The molecule has 1 aliphatic rings. The van der Waals surface area contributed by atoms with E-state index in [0.717, 1.165) is 16.8 Å². The molecule has 0 aliphatic carbocycles. The first-order chi connectivity index (χ1) is 13.2. The third-order valence-corrected chi connectivity index (χ3v) is 5.05. The normalized spacial score (nSPS) is 15.4. The third kappa shape index (κ3) is 3.84. The number of anilines is 1. The summed E-state index contributed by atoms with van der Waals surface area (Å²) < 4.78 is 19.7. The molecule has 146 valence electrons. The average molecular weight is 380 g/mol. The summed E-state index contributed by atoms with van der Waals surface area (Å²) >= 11 is 0. The van der Waals surface area contributed by atoms with Crippen LogP contribution in [0.25, 0.3) is 5.57 Å². The lowest BCUT2D eigenvalue weighted by molar-refractivity contribution is 0.0526. The van der Waals surface area contributed by atoms with Crippen molar-refractivity contribution >= 4 is 29.1 Å². The van der Waals surface area contributed by atoms with E-state index in [1.807, 2.05) is 20.0 Å². The Morgan fingerprint density at radius 1 is 1.29 bits per heavy atom. The summed E-state index contributed by atoms with van der Waals surface area (Å²) in [7, 11) is 1.97. The number of carbonyl (C=O) groups is 1. The second-order valence-electron chi connectivity index (χ2n) is 7.46. The van der Waals surface area contributed by atoms with Crippen molar-refractivity contribution in [1.82, 2.24) is 0 Å². The first-order valence-corrected chi connectivity index (χ1v) is 9.31. The smallest absolute Gasteiger partial charge is 0.338 e. The fourth-order valence-corrected chi connectivity index (χ4v) is 3.36. The second-order valence-corrected chi connectivity index (χ2v) is 7.46. The zero-order valence-electron chi connectivity index (χ0n) is 16.9. The van der Waals surface area contributed by atoms with Gasteiger partial charge in [0.05, 0.1) is 23.4 Å². The highest BCUT2D eigenvalue weighted by molar-refractivity contribution is 5.92. The van der Waals surface area contributed by atoms with Crippen molar-refractivity contribution in [1.29, 1.82) is 0 Å². The Balaban J connectivity index is 1.93. The molecule has 0 N–H and O–H groups in total. The number of benzene rings is 2. The molecule has 2 aromatic rings. The number of hydrogen-bond acceptors (Lipinski definition) is 4. The maximum atomic E-state index is 14.7. The number of hydrogen-bond donors (Lipinski definition) is 0. The van der Waals surface area contributed by atoms with Crippen LogP contribution >= 0.6 is 0 Å². The van der Waals surface area contributed by atoms with Crippen molar-refractivity contribution < 1.29 is 13.9 Å². The minimum Gasteiger partial charge on any atom is -0.462 e. The molecule has 0 atom stereocenters. The molecule has 0 unspecified atom stereocenters. The molecule has 0 aromatic heterocycles. The quantitative estimate of drug-likeness (QED) is 0.528. The monoisotopic (exact) mass is 380 g/mol. The number of esters is 1. The Kier molecular flexibility index (Phi) is 5.36. The van der Waals surface area contributed by atoms with Gasteiger partial charge >= 0.3 is 5.97 Å². The minimum atomic E-state index is -0.397. The largest absolute Gasteiger partial charge is 0.462 e. The number of rotatable bonds is 4. The topological polar surface area (TPSA) is 41.9 Å². The lowest BCUT2D eigenvalue weighted by Crippen LogP contribution is -2.42. The highest BCUT2D eigenvalue weighted by Crippen LogP contribution is 2.38. The van der Waals surface area contributed by atoms with Gasteiger partial charge in [-0.25, -0.2) is 9.18 Å². The molecule has 0 bridgehead atoms. The molecule has 1 heterocycles. The molecule has 0 spiro atoms. The molecule has 4 nitrogen and oxygen atoms in total. The van der Waals surface area contributed by atoms with Crippen LogP contribution < -0.4 is 4.90 Å². The standard InChI is InChI=1S/C23H25FN2O2/c1-6-28-22(27)16-8-7-9-18(10-16)25-14-17-11-19-15(2)13-23(3,4)26(5)21(19)12-20(17)24/h7-14H,6H2,1-5H3. The van der Waals surface area contributed by atoms with Gasteiger partial charge in [0, 0.05) is 30.1 Å². The third-order valence-electron chi connectivity index (χ3n) is 5.05. The molecule has 0 fully saturated rings. The van der Waals surface area contributed by atoms with Crippen LogP contribution in [-0.4, -0.2) is 31.4 Å². The number of nitrogens with zero attached hydrogens (tertiary/aromatic N) is 2.